The number of hydrogen-bond donors (Lipinski definition) is 3. The van der Waals surface area contributed by atoms with Crippen molar-refractivity contribution < 1.29 is 24.2 Å². The van der Waals surface area contributed by atoms with E-state index in [9.17, 15) is 19.5 Å². The molecule has 3 amide bonds. The van der Waals surface area contributed by atoms with Crippen LogP contribution in [-0.2, 0) is 19.9 Å². The zero-order chi connectivity index (χ0) is 24.8. The van der Waals surface area contributed by atoms with Gasteiger partial charge in [-0.2, -0.15) is 0 Å². The number of morpholine rings is 1. The largest absolute Gasteiger partial charge is 0.378 e. The Hall–Kier alpha value is -4.01. The zero-order valence-corrected chi connectivity index (χ0v) is 19.1. The molecule has 8 heteroatoms. The van der Waals surface area contributed by atoms with Crippen LogP contribution in [0, 0.1) is 0 Å². The number of nitrogens with zero attached hydrogens (tertiary/aromatic N) is 1. The molecule has 4 N–H and O–H groups in total. The molecule has 1 aliphatic rings. The average molecular weight is 474 g/mol. The van der Waals surface area contributed by atoms with E-state index in [4.69, 9.17) is 10.5 Å². The van der Waals surface area contributed by atoms with E-state index in [0.717, 1.165) is 0 Å². The predicted octanol–water partition coefficient (Wildman–Crippen LogP) is 1.74. The number of amides is 3. The van der Waals surface area contributed by atoms with Gasteiger partial charge >= 0.3 is 0 Å². The predicted molar refractivity (Wildman–Crippen MR) is 129 cm³/mol. The number of nitrogens with two attached hydrogens (primary N) is 1. The van der Waals surface area contributed by atoms with Crippen LogP contribution in [0.4, 0.5) is 0 Å². The first kappa shape index (κ1) is 24.1. The maximum Gasteiger partial charge on any atom is 0.258 e. The van der Waals surface area contributed by atoms with Crippen molar-refractivity contribution in [2.75, 3.05) is 26.3 Å². The van der Waals surface area contributed by atoms with Gasteiger partial charge in [0.1, 0.15) is 6.04 Å². The Bertz CT molecular complexity index is 1180. The maximum atomic E-state index is 13.3. The SMILES string of the molecule is NC(=O)C(O)(c1ccccc1)c1ccc(C(=O)NC(C(=O)N2CCOCC2)c2ccccc2)cc1. The Balaban J connectivity index is 1.58. The topological polar surface area (TPSA) is 122 Å². The van der Waals surface area contributed by atoms with Gasteiger partial charge in [0, 0.05) is 18.7 Å². The molecule has 35 heavy (non-hydrogen) atoms. The number of benzene rings is 3. The molecule has 2 atom stereocenters. The number of hydrogen-bond acceptors (Lipinski definition) is 5. The second-order valence-electron chi connectivity index (χ2n) is 8.27. The molecule has 0 radical (unpaired) electrons. The summed E-state index contributed by atoms with van der Waals surface area (Å²) in [5, 5.41) is 14.0. The minimum absolute atomic E-state index is 0.211. The highest BCUT2D eigenvalue weighted by molar-refractivity contribution is 5.98. The first-order valence-corrected chi connectivity index (χ1v) is 11.3. The Morgan fingerprint density at radius 3 is 1.97 bits per heavy atom. The average Bonchev–Trinajstić information content (AvgIpc) is 2.92. The molecule has 0 aliphatic carbocycles. The fourth-order valence-electron chi connectivity index (χ4n) is 4.11. The van der Waals surface area contributed by atoms with Crippen molar-refractivity contribution in [3.8, 4) is 0 Å². The van der Waals surface area contributed by atoms with E-state index in [0.29, 0.717) is 37.4 Å². The first-order chi connectivity index (χ1) is 16.9. The molecule has 3 aromatic rings. The summed E-state index contributed by atoms with van der Waals surface area (Å²) in [6, 6.07) is 22.5. The standard InChI is InChI=1S/C27H27N3O5/c28-26(33)27(34,21-9-5-2-6-10-21)22-13-11-20(12-14-22)24(31)29-23(19-7-3-1-4-8-19)25(32)30-15-17-35-18-16-30/h1-14,23,34H,15-18H2,(H2,28,33)(H,29,31). The fourth-order valence-corrected chi connectivity index (χ4v) is 4.11. The molecule has 0 spiro atoms. The maximum absolute atomic E-state index is 13.3. The number of nitrogens with one attached hydrogen (secondary N) is 1. The number of rotatable bonds is 7. The molecule has 4 rings (SSSR count). The van der Waals surface area contributed by atoms with Crippen LogP contribution >= 0.6 is 0 Å². The summed E-state index contributed by atoms with van der Waals surface area (Å²) in [7, 11) is 0. The Labute approximate surface area is 203 Å². The summed E-state index contributed by atoms with van der Waals surface area (Å²) < 4.78 is 5.34. The van der Waals surface area contributed by atoms with Gasteiger partial charge in [-0.05, 0) is 28.8 Å². The summed E-state index contributed by atoms with van der Waals surface area (Å²) in [5.41, 5.74) is 4.99. The molecule has 2 unspecified atom stereocenters. The molecule has 0 bridgehead atoms. The van der Waals surface area contributed by atoms with E-state index in [1.54, 1.807) is 47.4 Å². The van der Waals surface area contributed by atoms with E-state index >= 15 is 0 Å². The van der Waals surface area contributed by atoms with Crippen LogP contribution in [-0.4, -0.2) is 54.0 Å². The number of carbonyl (C=O) groups excluding carboxylic acids is 3. The minimum Gasteiger partial charge on any atom is -0.378 e. The molecule has 0 aromatic heterocycles. The van der Waals surface area contributed by atoms with Crippen molar-refractivity contribution in [2.45, 2.75) is 11.6 Å². The molecular weight excluding hydrogens is 446 g/mol. The third-order valence-electron chi connectivity index (χ3n) is 6.09. The zero-order valence-electron chi connectivity index (χ0n) is 19.1. The van der Waals surface area contributed by atoms with E-state index in [-0.39, 0.29) is 17.0 Å². The lowest BCUT2D eigenvalue weighted by Gasteiger charge is -2.31. The summed E-state index contributed by atoms with van der Waals surface area (Å²) in [6.45, 7) is 1.82. The van der Waals surface area contributed by atoms with Crippen molar-refractivity contribution in [1.29, 1.82) is 0 Å². The van der Waals surface area contributed by atoms with E-state index in [1.165, 1.54) is 24.3 Å². The number of ether oxygens (including phenoxy) is 1. The van der Waals surface area contributed by atoms with Gasteiger partial charge in [0.2, 0.25) is 5.91 Å². The molecule has 1 aliphatic heterocycles. The molecule has 1 heterocycles. The lowest BCUT2D eigenvalue weighted by atomic mass is 9.85. The second kappa shape index (κ2) is 10.5. The number of primary amides is 1. The normalized spacial score (nSPS) is 16.1. The van der Waals surface area contributed by atoms with Crippen molar-refractivity contribution >= 4 is 17.7 Å². The molecule has 1 saturated heterocycles. The van der Waals surface area contributed by atoms with Gasteiger partial charge in [-0.25, -0.2) is 0 Å². The van der Waals surface area contributed by atoms with Crippen LogP contribution in [0.3, 0.4) is 0 Å². The summed E-state index contributed by atoms with van der Waals surface area (Å²) in [6.07, 6.45) is 0. The Morgan fingerprint density at radius 2 is 1.40 bits per heavy atom. The van der Waals surface area contributed by atoms with Crippen molar-refractivity contribution in [1.82, 2.24) is 10.2 Å². The monoisotopic (exact) mass is 473 g/mol. The highest BCUT2D eigenvalue weighted by atomic mass is 16.5. The van der Waals surface area contributed by atoms with Gasteiger partial charge in [0.25, 0.3) is 11.8 Å². The summed E-state index contributed by atoms with van der Waals surface area (Å²) in [5.74, 6) is -1.60. The smallest absolute Gasteiger partial charge is 0.258 e. The third kappa shape index (κ3) is 5.08. The van der Waals surface area contributed by atoms with Crippen LogP contribution < -0.4 is 11.1 Å². The minimum atomic E-state index is -2.05. The highest BCUT2D eigenvalue weighted by Crippen LogP contribution is 2.29. The molecule has 3 aromatic carbocycles. The van der Waals surface area contributed by atoms with E-state index in [1.807, 2.05) is 18.2 Å². The van der Waals surface area contributed by atoms with Crippen LogP contribution in [0.5, 0.6) is 0 Å². The lowest BCUT2D eigenvalue weighted by Crippen LogP contribution is -2.47. The van der Waals surface area contributed by atoms with Crippen LogP contribution in [0.15, 0.2) is 84.9 Å². The third-order valence-corrected chi connectivity index (χ3v) is 6.09. The Kier molecular flexibility index (Phi) is 7.24. The van der Waals surface area contributed by atoms with Gasteiger partial charge in [0.15, 0.2) is 5.60 Å². The van der Waals surface area contributed by atoms with E-state index < -0.39 is 23.5 Å². The number of aliphatic hydroxyl groups is 1. The van der Waals surface area contributed by atoms with E-state index in [2.05, 4.69) is 5.32 Å². The van der Waals surface area contributed by atoms with Crippen LogP contribution in [0.25, 0.3) is 0 Å². The molecule has 1 fully saturated rings. The molecular formula is C27H27N3O5. The van der Waals surface area contributed by atoms with Crippen molar-refractivity contribution in [2.24, 2.45) is 5.73 Å². The van der Waals surface area contributed by atoms with Gasteiger partial charge in [-0.3, -0.25) is 14.4 Å². The quantitative estimate of drug-likeness (QED) is 0.483. The Morgan fingerprint density at radius 1 is 0.857 bits per heavy atom. The lowest BCUT2D eigenvalue weighted by molar-refractivity contribution is -0.137. The second-order valence-corrected chi connectivity index (χ2v) is 8.27. The van der Waals surface area contributed by atoms with Crippen molar-refractivity contribution in [3.63, 3.8) is 0 Å². The molecule has 8 nitrogen and oxygen atoms in total. The molecule has 0 saturated carbocycles. The highest BCUT2D eigenvalue weighted by Gasteiger charge is 2.38. The van der Waals surface area contributed by atoms with Crippen molar-refractivity contribution in [3.05, 3.63) is 107 Å². The first-order valence-electron chi connectivity index (χ1n) is 11.3. The van der Waals surface area contributed by atoms with Gasteiger partial charge in [0.05, 0.1) is 13.2 Å². The van der Waals surface area contributed by atoms with Crippen LogP contribution in [0.2, 0.25) is 0 Å². The van der Waals surface area contributed by atoms with Gasteiger partial charge < -0.3 is 25.8 Å². The number of carbonyl (C=O) groups is 3. The fraction of sp³-hybridized carbons (Fsp3) is 0.222. The van der Waals surface area contributed by atoms with Gasteiger partial charge in [-0.1, -0.05) is 72.8 Å². The summed E-state index contributed by atoms with van der Waals surface area (Å²) in [4.78, 5) is 40.3. The van der Waals surface area contributed by atoms with Crippen LogP contribution in [0.1, 0.15) is 33.1 Å². The van der Waals surface area contributed by atoms with Gasteiger partial charge in [-0.15, -0.1) is 0 Å². The summed E-state index contributed by atoms with van der Waals surface area (Å²) >= 11 is 0. The molecule has 180 valence electrons.